The number of imidazole rings is 1. The standard InChI is InChI=1S/C28H23FN8OS/c29-24-7-6-23(39-24)19-12-31-13-22-25(19)35-27(34-22)26-18-9-20(32-14-21(18)36-37-26)16-8-17(11-30-10-16)33-28(38)15-4-2-1-3-5-15/h6-15H,1-5H2,(H,33,38)(H,34,35)(H,36,37). The van der Waals surface area contributed by atoms with Crippen LogP contribution in [0.5, 0.6) is 0 Å². The minimum absolute atomic E-state index is 0.0539. The van der Waals surface area contributed by atoms with Crippen molar-refractivity contribution in [2.24, 2.45) is 5.92 Å². The molecule has 7 rings (SSSR count). The lowest BCUT2D eigenvalue weighted by Crippen LogP contribution is -2.24. The second kappa shape index (κ2) is 9.66. The van der Waals surface area contributed by atoms with Crippen LogP contribution in [0.15, 0.2) is 55.2 Å². The minimum atomic E-state index is -0.261. The SMILES string of the molecule is O=C(Nc1cncc(-c2cc3c(-c4nc5c(-c6ccc(F)s6)cncc5[nH]4)n[nH]c3cn2)c1)C1CCCCC1. The number of carbonyl (C=O) groups is 1. The molecule has 6 aromatic heterocycles. The van der Waals surface area contributed by atoms with Gasteiger partial charge in [-0.1, -0.05) is 19.3 Å². The van der Waals surface area contributed by atoms with E-state index in [2.05, 4.69) is 35.5 Å². The zero-order chi connectivity index (χ0) is 26.3. The van der Waals surface area contributed by atoms with Crippen molar-refractivity contribution in [3.63, 3.8) is 0 Å². The number of aromatic amines is 2. The van der Waals surface area contributed by atoms with E-state index in [1.807, 2.05) is 12.1 Å². The molecule has 1 aliphatic carbocycles. The van der Waals surface area contributed by atoms with Gasteiger partial charge in [-0.25, -0.2) is 4.98 Å². The number of hydrogen-bond donors (Lipinski definition) is 3. The number of H-pyrrole nitrogens is 2. The summed E-state index contributed by atoms with van der Waals surface area (Å²) in [7, 11) is 0. The number of pyridine rings is 3. The van der Waals surface area contributed by atoms with Crippen LogP contribution in [0.4, 0.5) is 10.1 Å². The summed E-state index contributed by atoms with van der Waals surface area (Å²) in [4.78, 5) is 34.9. The van der Waals surface area contributed by atoms with Gasteiger partial charge < -0.3 is 10.3 Å². The van der Waals surface area contributed by atoms with Gasteiger partial charge >= 0.3 is 0 Å². The van der Waals surface area contributed by atoms with E-state index in [0.29, 0.717) is 28.4 Å². The molecular weight excluding hydrogens is 515 g/mol. The molecule has 0 unspecified atom stereocenters. The fourth-order valence-corrected chi connectivity index (χ4v) is 5.94. The van der Waals surface area contributed by atoms with Gasteiger partial charge in [0.2, 0.25) is 5.91 Å². The number of rotatable bonds is 5. The number of nitrogens with one attached hydrogen (secondary N) is 3. The van der Waals surface area contributed by atoms with Crippen LogP contribution in [0.2, 0.25) is 0 Å². The van der Waals surface area contributed by atoms with Gasteiger partial charge in [-0.05, 0) is 37.1 Å². The highest BCUT2D eigenvalue weighted by atomic mass is 32.1. The van der Waals surface area contributed by atoms with E-state index >= 15 is 0 Å². The Bertz CT molecular complexity index is 1830. The molecule has 3 N–H and O–H groups in total. The molecule has 1 saturated carbocycles. The maximum Gasteiger partial charge on any atom is 0.227 e. The van der Waals surface area contributed by atoms with E-state index in [0.717, 1.165) is 69.4 Å². The summed E-state index contributed by atoms with van der Waals surface area (Å²) in [5, 5.41) is 11.1. The first-order valence-electron chi connectivity index (χ1n) is 12.8. The predicted molar refractivity (Wildman–Crippen MR) is 148 cm³/mol. The highest BCUT2D eigenvalue weighted by molar-refractivity contribution is 7.14. The van der Waals surface area contributed by atoms with Crippen LogP contribution in [0.25, 0.3) is 55.2 Å². The summed E-state index contributed by atoms with van der Waals surface area (Å²) in [5.74, 6) is 0.674. The minimum Gasteiger partial charge on any atom is -0.335 e. The van der Waals surface area contributed by atoms with Crippen LogP contribution in [0, 0.1) is 11.0 Å². The Balaban J connectivity index is 1.22. The monoisotopic (exact) mass is 538 g/mol. The molecular formula is C28H23FN8OS. The van der Waals surface area contributed by atoms with Gasteiger partial charge in [0.25, 0.3) is 0 Å². The van der Waals surface area contributed by atoms with Crippen molar-refractivity contribution in [3.8, 4) is 33.2 Å². The molecule has 11 heteroatoms. The number of nitrogens with zero attached hydrogens (tertiary/aromatic N) is 5. The average molecular weight is 539 g/mol. The van der Waals surface area contributed by atoms with Gasteiger partial charge in [0.15, 0.2) is 11.0 Å². The maximum absolute atomic E-state index is 13.7. The Kier molecular flexibility index (Phi) is 5.85. The van der Waals surface area contributed by atoms with Crippen LogP contribution in [-0.2, 0) is 4.79 Å². The van der Waals surface area contributed by atoms with Crippen LogP contribution in [0.3, 0.4) is 0 Å². The highest BCUT2D eigenvalue weighted by Crippen LogP contribution is 2.34. The van der Waals surface area contributed by atoms with Crippen molar-refractivity contribution < 1.29 is 9.18 Å². The highest BCUT2D eigenvalue weighted by Gasteiger charge is 2.22. The normalized spacial score (nSPS) is 14.3. The van der Waals surface area contributed by atoms with E-state index in [1.165, 1.54) is 12.5 Å². The van der Waals surface area contributed by atoms with Crippen molar-refractivity contribution in [1.29, 1.82) is 0 Å². The molecule has 0 radical (unpaired) electrons. The maximum atomic E-state index is 13.7. The van der Waals surface area contributed by atoms with E-state index in [-0.39, 0.29) is 17.0 Å². The second-order valence-corrected chi connectivity index (χ2v) is 10.8. The molecule has 0 atom stereocenters. The average Bonchev–Trinajstić information content (AvgIpc) is 3.71. The van der Waals surface area contributed by atoms with Crippen molar-refractivity contribution in [3.05, 3.63) is 60.4 Å². The zero-order valence-electron chi connectivity index (χ0n) is 20.7. The fourth-order valence-electron chi connectivity index (χ4n) is 5.20. The first kappa shape index (κ1) is 23.6. The number of amides is 1. The van der Waals surface area contributed by atoms with E-state index in [9.17, 15) is 9.18 Å². The Morgan fingerprint density at radius 3 is 2.72 bits per heavy atom. The molecule has 6 aromatic rings. The van der Waals surface area contributed by atoms with Crippen LogP contribution < -0.4 is 5.32 Å². The number of thiophene rings is 1. The molecule has 0 aliphatic heterocycles. The number of fused-ring (bicyclic) bond motifs is 2. The summed E-state index contributed by atoms with van der Waals surface area (Å²) < 4.78 is 13.7. The number of carbonyl (C=O) groups excluding carboxylic acids is 1. The van der Waals surface area contributed by atoms with Crippen LogP contribution in [0.1, 0.15) is 32.1 Å². The number of aromatic nitrogens is 7. The van der Waals surface area contributed by atoms with Crippen LogP contribution in [-0.4, -0.2) is 41.0 Å². The Morgan fingerprint density at radius 1 is 1.00 bits per heavy atom. The molecule has 1 aliphatic rings. The lowest BCUT2D eigenvalue weighted by molar-refractivity contribution is -0.120. The largest absolute Gasteiger partial charge is 0.335 e. The molecule has 0 saturated heterocycles. The topological polar surface area (TPSA) is 125 Å². The summed E-state index contributed by atoms with van der Waals surface area (Å²) in [5.41, 5.74) is 5.68. The molecule has 9 nitrogen and oxygen atoms in total. The Hall–Kier alpha value is -4.51. The van der Waals surface area contributed by atoms with Crippen molar-refractivity contribution in [2.75, 3.05) is 5.32 Å². The van der Waals surface area contributed by atoms with E-state index in [1.54, 1.807) is 37.1 Å². The molecule has 39 heavy (non-hydrogen) atoms. The van der Waals surface area contributed by atoms with Crippen molar-refractivity contribution >= 4 is 44.9 Å². The molecule has 194 valence electrons. The number of halogens is 1. The number of anilines is 1. The third-order valence-corrected chi connectivity index (χ3v) is 8.09. The van der Waals surface area contributed by atoms with E-state index < -0.39 is 0 Å². The molecule has 1 fully saturated rings. The third kappa shape index (κ3) is 4.44. The van der Waals surface area contributed by atoms with Crippen molar-refractivity contribution in [1.82, 2.24) is 35.1 Å². The molecule has 0 aromatic carbocycles. The van der Waals surface area contributed by atoms with Gasteiger partial charge in [0.05, 0.1) is 41.0 Å². The molecule has 0 bridgehead atoms. The smallest absolute Gasteiger partial charge is 0.227 e. The summed E-state index contributed by atoms with van der Waals surface area (Å²) in [6.45, 7) is 0. The summed E-state index contributed by atoms with van der Waals surface area (Å²) in [6, 6.07) is 6.99. The second-order valence-electron chi connectivity index (χ2n) is 9.75. The quantitative estimate of drug-likeness (QED) is 0.235. The first-order valence-corrected chi connectivity index (χ1v) is 13.6. The lowest BCUT2D eigenvalue weighted by atomic mass is 9.88. The fraction of sp³-hybridized carbons (Fsp3) is 0.214. The molecule has 0 spiro atoms. The molecule has 6 heterocycles. The lowest BCUT2D eigenvalue weighted by Gasteiger charge is -2.20. The predicted octanol–water partition coefficient (Wildman–Crippen LogP) is 6.34. The summed E-state index contributed by atoms with van der Waals surface area (Å²) >= 11 is 1.05. The Morgan fingerprint density at radius 2 is 1.87 bits per heavy atom. The van der Waals surface area contributed by atoms with E-state index in [4.69, 9.17) is 4.98 Å². The van der Waals surface area contributed by atoms with Crippen LogP contribution >= 0.6 is 11.3 Å². The Labute approximate surface area is 226 Å². The number of hydrogen-bond acceptors (Lipinski definition) is 7. The zero-order valence-corrected chi connectivity index (χ0v) is 21.6. The van der Waals surface area contributed by atoms with Crippen molar-refractivity contribution in [2.45, 2.75) is 32.1 Å². The van der Waals surface area contributed by atoms with Gasteiger partial charge in [-0.2, -0.15) is 9.49 Å². The van der Waals surface area contributed by atoms with Gasteiger partial charge in [0, 0.05) is 39.7 Å². The van der Waals surface area contributed by atoms with Gasteiger partial charge in [-0.3, -0.25) is 24.8 Å². The summed E-state index contributed by atoms with van der Waals surface area (Å²) in [6.07, 6.45) is 13.8. The van der Waals surface area contributed by atoms with Gasteiger partial charge in [-0.15, -0.1) is 11.3 Å². The van der Waals surface area contributed by atoms with Gasteiger partial charge in [0.1, 0.15) is 11.2 Å². The third-order valence-electron chi connectivity index (χ3n) is 7.18. The first-order chi connectivity index (χ1) is 19.1. The molecule has 1 amide bonds.